The molecule has 1 spiro atoms. The molecule has 0 aromatic rings. The molecule has 0 bridgehead atoms. The fourth-order valence-corrected chi connectivity index (χ4v) is 3.14. The zero-order chi connectivity index (χ0) is 11.0. The summed E-state index contributed by atoms with van der Waals surface area (Å²) in [5.74, 6) is 1.25. The molecule has 3 rings (SSSR count). The SMILES string of the molecule is OC(CC1CC1)C1CCOC2(CCOC2)C1. The van der Waals surface area contributed by atoms with E-state index in [1.54, 1.807) is 0 Å². The standard InChI is InChI=1S/C13H22O3/c14-12(7-10-1-2-10)11-3-5-16-13(8-11)4-6-15-9-13/h10-12,14H,1-9H2. The highest BCUT2D eigenvalue weighted by molar-refractivity contribution is 4.93. The van der Waals surface area contributed by atoms with Crippen LogP contribution in [0, 0.1) is 11.8 Å². The van der Waals surface area contributed by atoms with Crippen molar-refractivity contribution in [2.24, 2.45) is 11.8 Å². The van der Waals surface area contributed by atoms with E-state index in [1.165, 1.54) is 12.8 Å². The van der Waals surface area contributed by atoms with Crippen LogP contribution in [0.25, 0.3) is 0 Å². The van der Waals surface area contributed by atoms with E-state index in [4.69, 9.17) is 9.47 Å². The lowest BCUT2D eigenvalue weighted by molar-refractivity contribution is -0.117. The van der Waals surface area contributed by atoms with Gasteiger partial charge in [0.05, 0.1) is 18.3 Å². The first-order chi connectivity index (χ1) is 7.77. The van der Waals surface area contributed by atoms with Gasteiger partial charge in [-0.3, -0.25) is 0 Å². The normalized spacial score (nSPS) is 41.4. The van der Waals surface area contributed by atoms with Crippen LogP contribution >= 0.6 is 0 Å². The van der Waals surface area contributed by atoms with Crippen LogP contribution in [-0.2, 0) is 9.47 Å². The highest BCUT2D eigenvalue weighted by atomic mass is 16.6. The summed E-state index contributed by atoms with van der Waals surface area (Å²) >= 11 is 0. The van der Waals surface area contributed by atoms with Gasteiger partial charge in [-0.2, -0.15) is 0 Å². The van der Waals surface area contributed by atoms with Gasteiger partial charge in [-0.05, 0) is 31.1 Å². The highest BCUT2D eigenvalue weighted by Crippen LogP contribution is 2.41. The zero-order valence-electron chi connectivity index (χ0n) is 9.86. The van der Waals surface area contributed by atoms with E-state index >= 15 is 0 Å². The molecule has 0 radical (unpaired) electrons. The van der Waals surface area contributed by atoms with Gasteiger partial charge in [-0.25, -0.2) is 0 Å². The third-order valence-corrected chi connectivity index (χ3v) is 4.41. The maximum atomic E-state index is 10.2. The minimum atomic E-state index is -0.103. The summed E-state index contributed by atoms with van der Waals surface area (Å²) in [5, 5.41) is 10.2. The van der Waals surface area contributed by atoms with Crippen molar-refractivity contribution in [3.8, 4) is 0 Å². The van der Waals surface area contributed by atoms with Gasteiger partial charge in [-0.1, -0.05) is 12.8 Å². The first-order valence-corrected chi connectivity index (χ1v) is 6.67. The zero-order valence-corrected chi connectivity index (χ0v) is 9.86. The molecule has 1 N–H and O–H groups in total. The Labute approximate surface area is 97.1 Å². The van der Waals surface area contributed by atoms with Crippen LogP contribution in [0.1, 0.15) is 38.5 Å². The molecule has 3 unspecified atom stereocenters. The topological polar surface area (TPSA) is 38.7 Å². The molecule has 3 heteroatoms. The van der Waals surface area contributed by atoms with Crippen molar-refractivity contribution in [3.63, 3.8) is 0 Å². The van der Waals surface area contributed by atoms with Gasteiger partial charge in [0.15, 0.2) is 0 Å². The number of aliphatic hydroxyl groups is 1. The Bertz CT molecular complexity index is 244. The van der Waals surface area contributed by atoms with E-state index in [0.29, 0.717) is 5.92 Å². The Morgan fingerprint density at radius 3 is 2.81 bits per heavy atom. The summed E-state index contributed by atoms with van der Waals surface area (Å²) in [6, 6.07) is 0. The minimum absolute atomic E-state index is 0.0482. The Hall–Kier alpha value is -0.120. The Morgan fingerprint density at radius 2 is 2.12 bits per heavy atom. The average molecular weight is 226 g/mol. The molecule has 0 amide bonds. The van der Waals surface area contributed by atoms with Gasteiger partial charge in [0.25, 0.3) is 0 Å². The molecular weight excluding hydrogens is 204 g/mol. The molecule has 16 heavy (non-hydrogen) atoms. The largest absolute Gasteiger partial charge is 0.393 e. The molecule has 0 aromatic heterocycles. The second-order valence-corrected chi connectivity index (χ2v) is 5.83. The van der Waals surface area contributed by atoms with Crippen LogP contribution in [-0.4, -0.2) is 36.6 Å². The molecule has 3 nitrogen and oxygen atoms in total. The number of hydrogen-bond donors (Lipinski definition) is 1. The molecule has 92 valence electrons. The molecule has 3 fully saturated rings. The lowest BCUT2D eigenvalue weighted by Crippen LogP contribution is -2.43. The summed E-state index contributed by atoms with van der Waals surface area (Å²) < 4.78 is 11.3. The Morgan fingerprint density at radius 1 is 1.25 bits per heavy atom. The van der Waals surface area contributed by atoms with Crippen molar-refractivity contribution in [2.75, 3.05) is 19.8 Å². The lowest BCUT2D eigenvalue weighted by atomic mass is 9.81. The van der Waals surface area contributed by atoms with Crippen LogP contribution < -0.4 is 0 Å². The molecule has 2 heterocycles. The number of rotatable bonds is 3. The van der Waals surface area contributed by atoms with Crippen LogP contribution in [0.3, 0.4) is 0 Å². The summed E-state index contributed by atoms with van der Waals surface area (Å²) in [7, 11) is 0. The number of aliphatic hydroxyl groups excluding tert-OH is 1. The van der Waals surface area contributed by atoms with E-state index in [1.807, 2.05) is 0 Å². The third kappa shape index (κ3) is 2.27. The third-order valence-electron chi connectivity index (χ3n) is 4.41. The van der Waals surface area contributed by atoms with Gasteiger partial charge in [0, 0.05) is 19.6 Å². The van der Waals surface area contributed by atoms with Crippen LogP contribution in [0.15, 0.2) is 0 Å². The fraction of sp³-hybridized carbons (Fsp3) is 1.00. The Balaban J connectivity index is 1.57. The average Bonchev–Trinajstić information content (AvgIpc) is 3.00. The maximum absolute atomic E-state index is 10.2. The van der Waals surface area contributed by atoms with E-state index in [9.17, 15) is 5.11 Å². The van der Waals surface area contributed by atoms with Crippen molar-refractivity contribution in [1.82, 2.24) is 0 Å². The van der Waals surface area contributed by atoms with Gasteiger partial charge >= 0.3 is 0 Å². The minimum Gasteiger partial charge on any atom is -0.393 e. The van der Waals surface area contributed by atoms with Crippen molar-refractivity contribution in [1.29, 1.82) is 0 Å². The smallest absolute Gasteiger partial charge is 0.0940 e. The number of hydrogen-bond acceptors (Lipinski definition) is 3. The summed E-state index contributed by atoms with van der Waals surface area (Å²) in [4.78, 5) is 0. The van der Waals surface area contributed by atoms with Gasteiger partial charge in [-0.15, -0.1) is 0 Å². The predicted octanol–water partition coefficient (Wildman–Crippen LogP) is 1.73. The first kappa shape index (κ1) is 11.0. The van der Waals surface area contributed by atoms with Crippen LogP contribution in [0.5, 0.6) is 0 Å². The van der Waals surface area contributed by atoms with E-state index < -0.39 is 0 Å². The predicted molar refractivity (Wildman–Crippen MR) is 60.2 cm³/mol. The lowest BCUT2D eigenvalue weighted by Gasteiger charge is -2.39. The molecule has 2 aliphatic heterocycles. The van der Waals surface area contributed by atoms with Gasteiger partial charge in [0.1, 0.15) is 0 Å². The van der Waals surface area contributed by atoms with Crippen molar-refractivity contribution in [3.05, 3.63) is 0 Å². The maximum Gasteiger partial charge on any atom is 0.0940 e. The van der Waals surface area contributed by atoms with Crippen LogP contribution in [0.4, 0.5) is 0 Å². The van der Waals surface area contributed by atoms with Crippen molar-refractivity contribution >= 4 is 0 Å². The van der Waals surface area contributed by atoms with Crippen LogP contribution in [0.2, 0.25) is 0 Å². The molecule has 0 aromatic carbocycles. The Kier molecular flexibility index (Phi) is 2.94. The summed E-state index contributed by atoms with van der Waals surface area (Å²) in [6.45, 7) is 2.36. The van der Waals surface area contributed by atoms with E-state index in [2.05, 4.69) is 0 Å². The van der Waals surface area contributed by atoms with Crippen molar-refractivity contribution in [2.45, 2.75) is 50.2 Å². The summed E-state index contributed by atoms with van der Waals surface area (Å²) in [5.41, 5.74) is -0.0482. The highest BCUT2D eigenvalue weighted by Gasteiger charge is 2.43. The van der Waals surface area contributed by atoms with Crippen molar-refractivity contribution < 1.29 is 14.6 Å². The molecule has 2 saturated heterocycles. The molecule has 1 aliphatic carbocycles. The van der Waals surface area contributed by atoms with Gasteiger partial charge < -0.3 is 14.6 Å². The van der Waals surface area contributed by atoms with E-state index in [0.717, 1.165) is 51.4 Å². The second-order valence-electron chi connectivity index (χ2n) is 5.83. The number of ether oxygens (including phenoxy) is 2. The first-order valence-electron chi connectivity index (χ1n) is 6.67. The molecular formula is C13H22O3. The quantitative estimate of drug-likeness (QED) is 0.796. The fourth-order valence-electron chi connectivity index (χ4n) is 3.14. The molecule has 1 saturated carbocycles. The monoisotopic (exact) mass is 226 g/mol. The molecule has 3 aliphatic rings. The van der Waals surface area contributed by atoms with E-state index in [-0.39, 0.29) is 11.7 Å². The van der Waals surface area contributed by atoms with Gasteiger partial charge in [0.2, 0.25) is 0 Å². The summed E-state index contributed by atoms with van der Waals surface area (Å²) in [6.07, 6.45) is 6.61. The molecule has 3 atom stereocenters. The second kappa shape index (κ2) is 4.28.